The topological polar surface area (TPSA) is 75.4 Å². The number of hydrogen-bond donors (Lipinski definition) is 3. The van der Waals surface area contributed by atoms with Gasteiger partial charge >= 0.3 is 6.09 Å². The Kier molecular flexibility index (Phi) is 5.23. The predicted molar refractivity (Wildman–Crippen MR) is 113 cm³/mol. The second-order valence-electron chi connectivity index (χ2n) is 7.78. The maximum absolute atomic E-state index is 11.3. The van der Waals surface area contributed by atoms with Crippen LogP contribution in [-0.4, -0.2) is 25.3 Å². The van der Waals surface area contributed by atoms with E-state index < -0.39 is 6.09 Å². The number of amides is 1. The molecule has 6 nitrogen and oxygen atoms in total. The zero-order chi connectivity index (χ0) is 20.5. The molecule has 28 heavy (non-hydrogen) atoms. The van der Waals surface area contributed by atoms with Crippen molar-refractivity contribution in [1.82, 2.24) is 10.4 Å². The molecule has 6 heteroatoms. The molecule has 0 radical (unpaired) electrons. The monoisotopic (exact) mass is 381 g/mol. The van der Waals surface area contributed by atoms with Gasteiger partial charge in [0, 0.05) is 39.2 Å². The number of ether oxygens (including phenoxy) is 2. The van der Waals surface area contributed by atoms with E-state index in [-0.39, 0.29) is 5.41 Å². The Labute approximate surface area is 165 Å². The number of carbonyl (C=O) groups is 1. The van der Waals surface area contributed by atoms with Crippen molar-refractivity contribution < 1.29 is 14.3 Å². The molecule has 3 rings (SSSR count). The normalized spacial score (nSPS) is 11.4. The Morgan fingerprint density at radius 3 is 2.43 bits per heavy atom. The molecule has 0 aliphatic rings. The molecule has 0 aliphatic heterocycles. The highest BCUT2D eigenvalue weighted by atomic mass is 16.5. The number of methoxy groups -OCH3 is 2. The third-order valence-electron chi connectivity index (χ3n) is 4.72. The molecule has 148 valence electrons. The fourth-order valence-electron chi connectivity index (χ4n) is 3.45. The summed E-state index contributed by atoms with van der Waals surface area (Å²) >= 11 is 0. The van der Waals surface area contributed by atoms with E-state index in [1.807, 2.05) is 31.2 Å². The van der Waals surface area contributed by atoms with Crippen LogP contribution in [0.4, 0.5) is 10.5 Å². The van der Waals surface area contributed by atoms with Crippen molar-refractivity contribution in [2.24, 2.45) is 0 Å². The molecule has 1 aromatic heterocycles. The number of hydrogen-bond acceptors (Lipinski definition) is 4. The number of anilines is 1. The molecular weight excluding hydrogens is 354 g/mol. The van der Waals surface area contributed by atoms with Gasteiger partial charge < -0.3 is 14.5 Å². The smallest absolute Gasteiger partial charge is 0.425 e. The Hall–Kier alpha value is -3.15. The zero-order valence-corrected chi connectivity index (χ0v) is 17.2. The lowest BCUT2D eigenvalue weighted by atomic mass is 9.85. The average molecular weight is 381 g/mol. The second kappa shape index (κ2) is 7.46. The van der Waals surface area contributed by atoms with Gasteiger partial charge in [-0.1, -0.05) is 39.0 Å². The predicted octanol–water partition coefficient (Wildman–Crippen LogP) is 5.13. The largest absolute Gasteiger partial charge is 0.496 e. The fourth-order valence-corrected chi connectivity index (χ4v) is 3.45. The maximum atomic E-state index is 11.3. The van der Waals surface area contributed by atoms with E-state index in [1.54, 1.807) is 7.11 Å². The maximum Gasteiger partial charge on any atom is 0.425 e. The molecule has 1 heterocycles. The summed E-state index contributed by atoms with van der Waals surface area (Å²) in [6.07, 6.45) is -0.563. The van der Waals surface area contributed by atoms with Crippen molar-refractivity contribution >= 4 is 22.7 Å². The summed E-state index contributed by atoms with van der Waals surface area (Å²) in [6, 6.07) is 12.1. The Bertz CT molecular complexity index is 1020. The average Bonchev–Trinajstić information content (AvgIpc) is 3.05. The third kappa shape index (κ3) is 3.63. The lowest BCUT2D eigenvalue weighted by Gasteiger charge is -2.22. The van der Waals surface area contributed by atoms with Gasteiger partial charge in [-0.25, -0.2) is 10.2 Å². The first kappa shape index (κ1) is 19.6. The number of aryl methyl sites for hydroxylation is 1. The number of H-pyrrole nitrogens is 1. The molecule has 3 N–H and O–H groups in total. The molecule has 0 fully saturated rings. The number of fused-ring (bicyclic) bond motifs is 1. The van der Waals surface area contributed by atoms with Crippen molar-refractivity contribution in [2.45, 2.75) is 33.1 Å². The van der Waals surface area contributed by atoms with Gasteiger partial charge in [0.2, 0.25) is 0 Å². The summed E-state index contributed by atoms with van der Waals surface area (Å²) in [6.45, 7) is 8.62. The minimum absolute atomic E-state index is 0.0742. The van der Waals surface area contributed by atoms with Gasteiger partial charge in [0.25, 0.3) is 0 Å². The van der Waals surface area contributed by atoms with Gasteiger partial charge in [0.05, 0.1) is 19.9 Å². The molecule has 0 aliphatic carbocycles. The summed E-state index contributed by atoms with van der Waals surface area (Å²) in [4.78, 5) is 14.9. The van der Waals surface area contributed by atoms with Crippen LogP contribution in [0.5, 0.6) is 5.75 Å². The van der Waals surface area contributed by atoms with Gasteiger partial charge in [-0.15, -0.1) is 0 Å². The number of rotatable bonds is 4. The molecule has 0 unspecified atom stereocenters. The van der Waals surface area contributed by atoms with Crippen LogP contribution >= 0.6 is 0 Å². The molecule has 3 aromatic rings. The van der Waals surface area contributed by atoms with Crippen LogP contribution in [0.25, 0.3) is 22.0 Å². The number of para-hydroxylation sites is 1. The fraction of sp³-hybridized carbons (Fsp3) is 0.318. The van der Waals surface area contributed by atoms with Gasteiger partial charge in [-0.3, -0.25) is 5.43 Å². The van der Waals surface area contributed by atoms with E-state index in [1.165, 1.54) is 7.11 Å². The summed E-state index contributed by atoms with van der Waals surface area (Å²) in [5.74, 6) is 0.726. The number of aromatic amines is 1. The minimum atomic E-state index is -0.563. The van der Waals surface area contributed by atoms with E-state index in [9.17, 15) is 4.79 Å². The van der Waals surface area contributed by atoms with Gasteiger partial charge in [-0.2, -0.15) is 0 Å². The molecule has 2 aromatic carbocycles. The summed E-state index contributed by atoms with van der Waals surface area (Å²) in [7, 11) is 2.97. The van der Waals surface area contributed by atoms with E-state index in [0.29, 0.717) is 5.69 Å². The molecule has 0 atom stereocenters. The Balaban J connectivity index is 2.20. The summed E-state index contributed by atoms with van der Waals surface area (Å²) in [5.41, 5.74) is 11.4. The highest BCUT2D eigenvalue weighted by Crippen LogP contribution is 2.44. The van der Waals surface area contributed by atoms with E-state index in [0.717, 1.165) is 39.0 Å². The van der Waals surface area contributed by atoms with Crippen molar-refractivity contribution in [2.75, 3.05) is 19.6 Å². The highest BCUT2D eigenvalue weighted by molar-refractivity contribution is 6.00. The van der Waals surface area contributed by atoms with Crippen LogP contribution in [-0.2, 0) is 10.2 Å². The van der Waals surface area contributed by atoms with E-state index in [4.69, 9.17) is 4.74 Å². The minimum Gasteiger partial charge on any atom is -0.496 e. The third-order valence-corrected chi connectivity index (χ3v) is 4.72. The lowest BCUT2D eigenvalue weighted by Crippen LogP contribution is -2.29. The van der Waals surface area contributed by atoms with Crippen LogP contribution in [0.2, 0.25) is 0 Å². The number of benzene rings is 2. The van der Waals surface area contributed by atoms with Crippen molar-refractivity contribution in [1.29, 1.82) is 0 Å². The van der Waals surface area contributed by atoms with Crippen molar-refractivity contribution in [3.63, 3.8) is 0 Å². The first-order valence-corrected chi connectivity index (χ1v) is 9.16. The quantitative estimate of drug-likeness (QED) is 0.548. The van der Waals surface area contributed by atoms with E-state index in [2.05, 4.69) is 53.5 Å². The van der Waals surface area contributed by atoms with Crippen LogP contribution in [0, 0.1) is 6.92 Å². The lowest BCUT2D eigenvalue weighted by molar-refractivity contribution is 0.173. The number of nitrogens with one attached hydrogen (secondary N) is 3. The van der Waals surface area contributed by atoms with Gasteiger partial charge in [-0.05, 0) is 24.6 Å². The molecule has 0 saturated carbocycles. The summed E-state index contributed by atoms with van der Waals surface area (Å²) in [5, 5.41) is 1.15. The van der Waals surface area contributed by atoms with Crippen molar-refractivity contribution in [3.05, 3.63) is 47.7 Å². The second-order valence-corrected chi connectivity index (χ2v) is 7.78. The number of aromatic nitrogens is 1. The Morgan fingerprint density at radius 1 is 1.07 bits per heavy atom. The first-order valence-electron chi connectivity index (χ1n) is 9.16. The standard InChI is InChI=1S/C22H27N3O3/c1-13-11-14(24-25-21(26)28-6)12-17(27-5)18(13)19-15-9-7-8-10-16(15)23-20(19)22(2,3)4/h7-12,23-24H,1-6H3,(H,25,26). The number of carbonyl (C=O) groups excluding carboxylic acids is 1. The zero-order valence-electron chi connectivity index (χ0n) is 17.2. The highest BCUT2D eigenvalue weighted by Gasteiger charge is 2.26. The van der Waals surface area contributed by atoms with Crippen LogP contribution in [0.1, 0.15) is 32.0 Å². The molecule has 0 spiro atoms. The van der Waals surface area contributed by atoms with E-state index >= 15 is 0 Å². The van der Waals surface area contributed by atoms with Gasteiger partial charge in [0.15, 0.2) is 0 Å². The van der Waals surface area contributed by atoms with Crippen molar-refractivity contribution in [3.8, 4) is 16.9 Å². The molecule has 0 saturated heterocycles. The van der Waals surface area contributed by atoms with Crippen LogP contribution < -0.4 is 15.6 Å². The molecular formula is C22H27N3O3. The SMILES string of the molecule is COC(=O)NNc1cc(C)c(-c2c(C(C)(C)C)[nH]c3ccccc23)c(OC)c1. The Morgan fingerprint density at radius 2 is 1.79 bits per heavy atom. The first-order chi connectivity index (χ1) is 13.3. The van der Waals surface area contributed by atoms with Crippen LogP contribution in [0.15, 0.2) is 36.4 Å². The van der Waals surface area contributed by atoms with Crippen LogP contribution in [0.3, 0.4) is 0 Å². The summed E-state index contributed by atoms with van der Waals surface area (Å²) < 4.78 is 10.3. The number of hydrazine groups is 1. The molecule has 1 amide bonds. The molecule has 0 bridgehead atoms. The van der Waals surface area contributed by atoms with Gasteiger partial charge in [0.1, 0.15) is 5.75 Å².